The first-order chi connectivity index (χ1) is 7.59. The fourth-order valence-electron chi connectivity index (χ4n) is 2.16. The van der Waals surface area contributed by atoms with E-state index in [0.29, 0.717) is 23.1 Å². The Hall–Kier alpha value is -1.22. The molecule has 3 nitrogen and oxygen atoms in total. The molecule has 1 fully saturated rings. The maximum absolute atomic E-state index is 12.2. The predicted octanol–water partition coefficient (Wildman–Crippen LogP) is 2.42. The molecule has 1 heterocycles. The maximum atomic E-state index is 12.2. The van der Waals surface area contributed by atoms with Crippen molar-refractivity contribution in [1.82, 2.24) is 4.90 Å². The zero-order valence-corrected chi connectivity index (χ0v) is 11.0. The smallest absolute Gasteiger partial charge is 0.255 e. The molecule has 2 rings (SSSR count). The zero-order chi connectivity index (χ0) is 11.7. The van der Waals surface area contributed by atoms with E-state index in [4.69, 9.17) is 5.73 Å². The predicted molar refractivity (Wildman–Crippen MR) is 72.3 cm³/mol. The summed E-state index contributed by atoms with van der Waals surface area (Å²) in [6, 6.07) is 7.27. The molecule has 1 aliphatic rings. The van der Waals surface area contributed by atoms with Gasteiger partial charge in [0.2, 0.25) is 0 Å². The number of nitrogen functional groups attached to an aromatic ring is 1. The molecule has 2 atom stereocenters. The highest BCUT2D eigenvalue weighted by Gasteiger charge is 2.30. The number of carbonyl (C=O) groups excluding carboxylic acids is 1. The number of benzene rings is 1. The summed E-state index contributed by atoms with van der Waals surface area (Å²) >= 11 is 0. The summed E-state index contributed by atoms with van der Waals surface area (Å²) in [5.74, 6) is 1.22. The summed E-state index contributed by atoms with van der Waals surface area (Å²) in [7, 11) is 0. The van der Waals surface area contributed by atoms with E-state index in [-0.39, 0.29) is 18.3 Å². The number of para-hydroxylation sites is 1. The lowest BCUT2D eigenvalue weighted by Gasteiger charge is -2.17. The lowest BCUT2D eigenvalue weighted by atomic mass is 10.0. The first-order valence-corrected chi connectivity index (χ1v) is 5.73. The summed E-state index contributed by atoms with van der Waals surface area (Å²) in [6.07, 6.45) is 0. The van der Waals surface area contributed by atoms with Gasteiger partial charge in [0.25, 0.3) is 5.91 Å². The summed E-state index contributed by atoms with van der Waals surface area (Å²) in [6.45, 7) is 6.06. The van der Waals surface area contributed by atoms with Crippen LogP contribution in [0, 0.1) is 11.8 Å². The number of nitrogens with two attached hydrogens (primary N) is 1. The number of anilines is 1. The molecule has 1 amide bonds. The highest BCUT2D eigenvalue weighted by atomic mass is 35.5. The van der Waals surface area contributed by atoms with Crippen LogP contribution in [0.25, 0.3) is 0 Å². The molecule has 17 heavy (non-hydrogen) atoms. The Labute approximate surface area is 108 Å². The van der Waals surface area contributed by atoms with E-state index in [1.54, 1.807) is 12.1 Å². The van der Waals surface area contributed by atoms with Crippen LogP contribution in [0.1, 0.15) is 24.2 Å². The monoisotopic (exact) mass is 254 g/mol. The molecule has 0 aromatic heterocycles. The highest BCUT2D eigenvalue weighted by Crippen LogP contribution is 2.24. The van der Waals surface area contributed by atoms with E-state index in [2.05, 4.69) is 13.8 Å². The van der Waals surface area contributed by atoms with Crippen molar-refractivity contribution in [1.29, 1.82) is 0 Å². The molecule has 0 radical (unpaired) electrons. The van der Waals surface area contributed by atoms with Crippen LogP contribution >= 0.6 is 12.4 Å². The van der Waals surface area contributed by atoms with Gasteiger partial charge >= 0.3 is 0 Å². The molecule has 0 aliphatic carbocycles. The summed E-state index contributed by atoms with van der Waals surface area (Å²) in [5.41, 5.74) is 7.01. The van der Waals surface area contributed by atoms with Crippen LogP contribution in [0.2, 0.25) is 0 Å². The van der Waals surface area contributed by atoms with Crippen molar-refractivity contribution in [3.63, 3.8) is 0 Å². The van der Waals surface area contributed by atoms with Crippen LogP contribution in [0.4, 0.5) is 5.69 Å². The number of carbonyl (C=O) groups is 1. The second-order valence-electron chi connectivity index (χ2n) is 4.75. The number of hydrogen-bond acceptors (Lipinski definition) is 2. The third-order valence-corrected chi connectivity index (χ3v) is 3.47. The van der Waals surface area contributed by atoms with Crippen LogP contribution in [-0.2, 0) is 0 Å². The number of amides is 1. The van der Waals surface area contributed by atoms with Crippen molar-refractivity contribution in [2.45, 2.75) is 13.8 Å². The highest BCUT2D eigenvalue weighted by molar-refractivity contribution is 5.99. The quantitative estimate of drug-likeness (QED) is 0.783. The number of halogens is 1. The zero-order valence-electron chi connectivity index (χ0n) is 10.2. The largest absolute Gasteiger partial charge is 0.398 e. The Morgan fingerprint density at radius 2 is 1.76 bits per heavy atom. The van der Waals surface area contributed by atoms with Gasteiger partial charge < -0.3 is 10.6 Å². The average Bonchev–Trinajstić information content (AvgIpc) is 2.59. The van der Waals surface area contributed by atoms with Gasteiger partial charge in [-0.3, -0.25) is 4.79 Å². The minimum absolute atomic E-state index is 0. The second-order valence-corrected chi connectivity index (χ2v) is 4.75. The molecule has 94 valence electrons. The molecule has 0 spiro atoms. The molecule has 1 aromatic rings. The third kappa shape index (κ3) is 2.72. The van der Waals surface area contributed by atoms with Crippen molar-refractivity contribution in [2.75, 3.05) is 18.8 Å². The van der Waals surface area contributed by atoms with Gasteiger partial charge in [0.15, 0.2) is 0 Å². The van der Waals surface area contributed by atoms with Crippen molar-refractivity contribution in [2.24, 2.45) is 11.8 Å². The molecular formula is C13H19ClN2O. The Kier molecular flexibility index (Phi) is 4.40. The average molecular weight is 255 g/mol. The van der Waals surface area contributed by atoms with Crippen molar-refractivity contribution >= 4 is 24.0 Å². The normalized spacial score (nSPS) is 23.3. The Morgan fingerprint density at radius 1 is 1.24 bits per heavy atom. The minimum atomic E-state index is 0. The topological polar surface area (TPSA) is 46.3 Å². The molecule has 0 saturated carbocycles. The molecular weight excluding hydrogens is 236 g/mol. The van der Waals surface area contributed by atoms with Crippen molar-refractivity contribution in [3.05, 3.63) is 29.8 Å². The van der Waals surface area contributed by atoms with Crippen LogP contribution in [0.3, 0.4) is 0 Å². The lowest BCUT2D eigenvalue weighted by Crippen LogP contribution is -2.29. The Morgan fingerprint density at radius 3 is 2.29 bits per heavy atom. The molecule has 1 aliphatic heterocycles. The standard InChI is InChI=1S/C13H18N2O.ClH/c1-9-7-15(8-10(9)2)13(16)11-5-3-4-6-12(11)14;/h3-6,9-10H,7-8,14H2,1-2H3;1H. The van der Waals surface area contributed by atoms with Gasteiger partial charge in [-0.1, -0.05) is 26.0 Å². The van der Waals surface area contributed by atoms with E-state index in [1.807, 2.05) is 17.0 Å². The van der Waals surface area contributed by atoms with E-state index in [9.17, 15) is 4.79 Å². The summed E-state index contributed by atoms with van der Waals surface area (Å²) in [5, 5.41) is 0. The van der Waals surface area contributed by atoms with Crippen molar-refractivity contribution in [3.8, 4) is 0 Å². The fourth-order valence-corrected chi connectivity index (χ4v) is 2.16. The van der Waals surface area contributed by atoms with Gasteiger partial charge in [-0.25, -0.2) is 0 Å². The molecule has 4 heteroatoms. The van der Waals surface area contributed by atoms with Gasteiger partial charge in [-0.15, -0.1) is 12.4 Å². The maximum Gasteiger partial charge on any atom is 0.255 e. The number of nitrogens with zero attached hydrogens (tertiary/aromatic N) is 1. The molecule has 1 aromatic carbocycles. The lowest BCUT2D eigenvalue weighted by molar-refractivity contribution is 0.0786. The second kappa shape index (κ2) is 5.41. The number of likely N-dealkylation sites (tertiary alicyclic amines) is 1. The molecule has 2 unspecified atom stereocenters. The molecule has 2 N–H and O–H groups in total. The van der Waals surface area contributed by atoms with Crippen LogP contribution in [0.5, 0.6) is 0 Å². The Balaban J connectivity index is 0.00000144. The fraction of sp³-hybridized carbons (Fsp3) is 0.462. The first-order valence-electron chi connectivity index (χ1n) is 5.73. The van der Waals surface area contributed by atoms with E-state index >= 15 is 0 Å². The van der Waals surface area contributed by atoms with E-state index < -0.39 is 0 Å². The van der Waals surface area contributed by atoms with Crippen molar-refractivity contribution < 1.29 is 4.79 Å². The van der Waals surface area contributed by atoms with Gasteiger partial charge in [-0.2, -0.15) is 0 Å². The third-order valence-electron chi connectivity index (χ3n) is 3.47. The minimum Gasteiger partial charge on any atom is -0.398 e. The number of hydrogen-bond donors (Lipinski definition) is 1. The van der Waals surface area contributed by atoms with Gasteiger partial charge in [0.05, 0.1) is 5.56 Å². The van der Waals surface area contributed by atoms with Crippen LogP contribution in [0.15, 0.2) is 24.3 Å². The number of rotatable bonds is 1. The van der Waals surface area contributed by atoms with Crippen LogP contribution in [-0.4, -0.2) is 23.9 Å². The van der Waals surface area contributed by atoms with Crippen LogP contribution < -0.4 is 5.73 Å². The summed E-state index contributed by atoms with van der Waals surface area (Å²) in [4.78, 5) is 14.1. The molecule has 1 saturated heterocycles. The summed E-state index contributed by atoms with van der Waals surface area (Å²) < 4.78 is 0. The SMILES string of the molecule is CC1CN(C(=O)c2ccccc2N)CC1C.Cl. The van der Waals surface area contributed by atoms with E-state index in [1.165, 1.54) is 0 Å². The van der Waals surface area contributed by atoms with Gasteiger partial charge in [0.1, 0.15) is 0 Å². The first kappa shape index (κ1) is 13.8. The van der Waals surface area contributed by atoms with Gasteiger partial charge in [-0.05, 0) is 24.0 Å². The Bertz CT molecular complexity index is 398. The van der Waals surface area contributed by atoms with E-state index in [0.717, 1.165) is 13.1 Å². The van der Waals surface area contributed by atoms with Gasteiger partial charge in [0, 0.05) is 18.8 Å². The molecule has 0 bridgehead atoms.